The van der Waals surface area contributed by atoms with Crippen LogP contribution in [0.3, 0.4) is 0 Å². The first-order chi connectivity index (χ1) is 16.7. The van der Waals surface area contributed by atoms with Crippen molar-refractivity contribution in [2.45, 2.75) is 25.8 Å². The van der Waals surface area contributed by atoms with Crippen molar-refractivity contribution in [3.8, 4) is 17.2 Å². The minimum atomic E-state index is -0.00954. The Kier molecular flexibility index (Phi) is 5.09. The van der Waals surface area contributed by atoms with Gasteiger partial charge in [0.15, 0.2) is 11.5 Å². The van der Waals surface area contributed by atoms with E-state index in [0.29, 0.717) is 37.6 Å². The number of nitrogens with zero attached hydrogens (tertiary/aromatic N) is 3. The third-order valence-electron chi connectivity index (χ3n) is 6.45. The second-order valence-electron chi connectivity index (χ2n) is 8.71. The van der Waals surface area contributed by atoms with Crippen LogP contribution in [0.4, 0.5) is 5.69 Å². The summed E-state index contributed by atoms with van der Waals surface area (Å²) in [5.74, 6) is 3.23. The highest BCUT2D eigenvalue weighted by atomic mass is 16.7. The number of hydrogen-bond acceptors (Lipinski definition) is 5. The molecule has 2 aliphatic rings. The number of benzene rings is 3. The van der Waals surface area contributed by atoms with E-state index in [4.69, 9.17) is 19.2 Å². The average Bonchev–Trinajstić information content (AvgIpc) is 3.57. The molecule has 0 spiro atoms. The fourth-order valence-corrected chi connectivity index (χ4v) is 4.71. The Hall–Kier alpha value is -4.00. The van der Waals surface area contributed by atoms with E-state index in [1.807, 2.05) is 65.6 Å². The van der Waals surface area contributed by atoms with E-state index in [2.05, 4.69) is 17.6 Å². The number of rotatable bonds is 6. The molecule has 7 nitrogen and oxygen atoms in total. The molecule has 1 saturated heterocycles. The molecule has 1 aromatic heterocycles. The van der Waals surface area contributed by atoms with Gasteiger partial charge in [0.25, 0.3) is 0 Å². The third-order valence-corrected chi connectivity index (χ3v) is 6.45. The molecule has 0 saturated carbocycles. The molecule has 2 aliphatic heterocycles. The van der Waals surface area contributed by atoms with E-state index in [1.165, 1.54) is 5.56 Å². The van der Waals surface area contributed by atoms with Crippen LogP contribution in [-0.4, -0.2) is 35.4 Å². The molecule has 6 rings (SSSR count). The zero-order chi connectivity index (χ0) is 23.1. The number of anilines is 1. The molecule has 1 fully saturated rings. The summed E-state index contributed by atoms with van der Waals surface area (Å²) in [6.45, 7) is 4.01. The van der Waals surface area contributed by atoms with Crippen molar-refractivity contribution < 1.29 is 19.0 Å². The highest BCUT2D eigenvalue weighted by Crippen LogP contribution is 2.39. The van der Waals surface area contributed by atoms with Gasteiger partial charge in [-0.25, -0.2) is 4.98 Å². The van der Waals surface area contributed by atoms with E-state index < -0.39 is 0 Å². The second-order valence-corrected chi connectivity index (χ2v) is 8.71. The first-order valence-corrected chi connectivity index (χ1v) is 11.5. The van der Waals surface area contributed by atoms with E-state index in [-0.39, 0.29) is 18.6 Å². The predicted octanol–water partition coefficient (Wildman–Crippen LogP) is 4.67. The quantitative estimate of drug-likeness (QED) is 0.423. The van der Waals surface area contributed by atoms with Crippen LogP contribution >= 0.6 is 0 Å². The number of amides is 1. The van der Waals surface area contributed by atoms with Crippen molar-refractivity contribution in [1.82, 2.24) is 9.55 Å². The summed E-state index contributed by atoms with van der Waals surface area (Å²) in [7, 11) is 0. The fraction of sp³-hybridized carbons (Fsp3) is 0.259. The number of fused-ring (bicyclic) bond motifs is 2. The number of carbonyl (C=O) groups is 1. The maximum absolute atomic E-state index is 13.0. The number of para-hydroxylation sites is 2. The molecule has 172 valence electrons. The maximum Gasteiger partial charge on any atom is 0.231 e. The smallest absolute Gasteiger partial charge is 0.231 e. The Bertz CT molecular complexity index is 1360. The Labute approximate surface area is 197 Å². The summed E-state index contributed by atoms with van der Waals surface area (Å²) in [6.07, 6.45) is 0.413. The number of ether oxygens (including phenoxy) is 3. The first kappa shape index (κ1) is 20.6. The van der Waals surface area contributed by atoms with Crippen molar-refractivity contribution in [3.05, 3.63) is 78.1 Å². The summed E-state index contributed by atoms with van der Waals surface area (Å²) < 4.78 is 19.1. The molecule has 4 aromatic rings. The minimum absolute atomic E-state index is 0.00954. The lowest BCUT2D eigenvalue weighted by molar-refractivity contribution is -0.117. The maximum atomic E-state index is 13.0. The van der Waals surface area contributed by atoms with Crippen molar-refractivity contribution in [3.63, 3.8) is 0 Å². The molecule has 3 aromatic carbocycles. The summed E-state index contributed by atoms with van der Waals surface area (Å²) in [5, 5.41) is 0. The molecule has 7 heteroatoms. The largest absolute Gasteiger partial charge is 0.492 e. The Morgan fingerprint density at radius 3 is 2.74 bits per heavy atom. The average molecular weight is 456 g/mol. The van der Waals surface area contributed by atoms with Crippen molar-refractivity contribution in [1.29, 1.82) is 0 Å². The van der Waals surface area contributed by atoms with E-state index >= 15 is 0 Å². The molecule has 0 radical (unpaired) electrons. The van der Waals surface area contributed by atoms with Gasteiger partial charge in [-0.1, -0.05) is 29.8 Å². The highest BCUT2D eigenvalue weighted by Gasteiger charge is 2.35. The van der Waals surface area contributed by atoms with Crippen LogP contribution in [0.1, 0.15) is 23.7 Å². The van der Waals surface area contributed by atoms with Gasteiger partial charge in [0, 0.05) is 30.6 Å². The van der Waals surface area contributed by atoms with Gasteiger partial charge in [0.05, 0.1) is 17.6 Å². The number of aromatic nitrogens is 2. The first-order valence-electron chi connectivity index (χ1n) is 11.5. The van der Waals surface area contributed by atoms with Gasteiger partial charge in [-0.3, -0.25) is 4.79 Å². The van der Waals surface area contributed by atoms with Crippen molar-refractivity contribution >= 4 is 22.6 Å². The van der Waals surface area contributed by atoms with Gasteiger partial charge in [0.2, 0.25) is 12.7 Å². The van der Waals surface area contributed by atoms with Gasteiger partial charge in [-0.15, -0.1) is 0 Å². The summed E-state index contributed by atoms with van der Waals surface area (Å²) in [5.41, 5.74) is 4.01. The van der Waals surface area contributed by atoms with Gasteiger partial charge >= 0.3 is 0 Å². The van der Waals surface area contributed by atoms with Crippen LogP contribution in [0, 0.1) is 6.92 Å². The molecule has 0 bridgehead atoms. The summed E-state index contributed by atoms with van der Waals surface area (Å²) in [6, 6.07) is 21.8. The molecular weight excluding hydrogens is 430 g/mol. The lowest BCUT2D eigenvalue weighted by atomic mass is 10.1. The number of imidazole rings is 1. The highest BCUT2D eigenvalue weighted by molar-refractivity contribution is 5.97. The predicted molar refractivity (Wildman–Crippen MR) is 129 cm³/mol. The molecule has 0 aliphatic carbocycles. The standard InChI is InChI=1S/C27H25N3O4/c1-18-6-9-21(10-7-18)32-13-12-29-23-5-3-2-4-22(23)28-27(29)19-14-26(31)30(16-19)20-8-11-24-25(15-20)34-17-33-24/h2-11,15,19H,12-14,16-17H2,1H3. The topological polar surface area (TPSA) is 65.8 Å². The molecule has 34 heavy (non-hydrogen) atoms. The third kappa shape index (κ3) is 3.73. The Morgan fingerprint density at radius 2 is 1.85 bits per heavy atom. The zero-order valence-corrected chi connectivity index (χ0v) is 18.9. The SMILES string of the molecule is Cc1ccc(OCCn2c(C3CC(=O)N(c4ccc5c(c4)OCO5)C3)nc3ccccc32)cc1. The lowest BCUT2D eigenvalue weighted by Crippen LogP contribution is -2.24. The molecule has 3 heterocycles. The lowest BCUT2D eigenvalue weighted by Gasteiger charge is -2.18. The fourth-order valence-electron chi connectivity index (χ4n) is 4.71. The zero-order valence-electron chi connectivity index (χ0n) is 18.9. The second kappa shape index (κ2) is 8.41. The summed E-state index contributed by atoms with van der Waals surface area (Å²) >= 11 is 0. The van der Waals surface area contributed by atoms with Crippen molar-refractivity contribution in [2.24, 2.45) is 0 Å². The van der Waals surface area contributed by atoms with Gasteiger partial charge < -0.3 is 23.7 Å². The van der Waals surface area contributed by atoms with Gasteiger partial charge in [-0.05, 0) is 43.3 Å². The van der Waals surface area contributed by atoms with Crippen LogP contribution in [0.5, 0.6) is 17.2 Å². The van der Waals surface area contributed by atoms with E-state index in [9.17, 15) is 4.79 Å². The molecule has 1 unspecified atom stereocenters. The molecule has 0 N–H and O–H groups in total. The van der Waals surface area contributed by atoms with E-state index in [1.54, 1.807) is 0 Å². The van der Waals surface area contributed by atoms with E-state index in [0.717, 1.165) is 28.3 Å². The van der Waals surface area contributed by atoms with Crippen LogP contribution in [0.25, 0.3) is 11.0 Å². The van der Waals surface area contributed by atoms with Gasteiger partial charge in [-0.2, -0.15) is 0 Å². The summed E-state index contributed by atoms with van der Waals surface area (Å²) in [4.78, 5) is 19.8. The van der Waals surface area contributed by atoms with Gasteiger partial charge in [0.1, 0.15) is 18.2 Å². The molecular formula is C27H25N3O4. The van der Waals surface area contributed by atoms with Crippen LogP contribution < -0.4 is 19.1 Å². The van der Waals surface area contributed by atoms with Crippen LogP contribution in [0.15, 0.2) is 66.7 Å². The minimum Gasteiger partial charge on any atom is -0.492 e. The molecule has 1 amide bonds. The van der Waals surface area contributed by atoms with Crippen LogP contribution in [0.2, 0.25) is 0 Å². The number of aryl methyl sites for hydroxylation is 1. The van der Waals surface area contributed by atoms with Crippen molar-refractivity contribution in [2.75, 3.05) is 24.8 Å². The number of hydrogen-bond donors (Lipinski definition) is 0. The van der Waals surface area contributed by atoms with Crippen LogP contribution in [-0.2, 0) is 11.3 Å². The number of carbonyl (C=O) groups excluding carboxylic acids is 1. The monoisotopic (exact) mass is 455 g/mol. The molecule has 1 atom stereocenters. The Morgan fingerprint density at radius 1 is 1.03 bits per heavy atom. The normalized spacial score (nSPS) is 17.0. The Balaban J connectivity index is 1.25.